The first-order valence-corrected chi connectivity index (χ1v) is 8.76. The van der Waals surface area contributed by atoms with Gasteiger partial charge in [0.1, 0.15) is 0 Å². The molecule has 2 aromatic carbocycles. The van der Waals surface area contributed by atoms with E-state index in [0.29, 0.717) is 29.8 Å². The van der Waals surface area contributed by atoms with Crippen molar-refractivity contribution < 1.29 is 4.79 Å². The van der Waals surface area contributed by atoms with Crippen LogP contribution in [0.5, 0.6) is 0 Å². The van der Waals surface area contributed by atoms with Crippen molar-refractivity contribution in [3.05, 3.63) is 71.1 Å². The summed E-state index contributed by atoms with van der Waals surface area (Å²) < 4.78 is 0. The highest BCUT2D eigenvalue weighted by Crippen LogP contribution is 2.30. The molecule has 5 heteroatoms. The van der Waals surface area contributed by atoms with Crippen LogP contribution in [0.25, 0.3) is 10.4 Å². The Kier molecular flexibility index (Phi) is 5.12. The molecule has 3 N–H and O–H groups in total. The smallest absolute Gasteiger partial charge is 0.255 e. The molecular formula is C20H17N3OS. The number of amides is 1. The van der Waals surface area contributed by atoms with Crippen LogP contribution in [-0.2, 0) is 6.42 Å². The van der Waals surface area contributed by atoms with E-state index in [9.17, 15) is 4.79 Å². The summed E-state index contributed by atoms with van der Waals surface area (Å²) in [4.78, 5) is 13.6. The molecule has 4 nitrogen and oxygen atoms in total. The lowest BCUT2D eigenvalue weighted by atomic mass is 10.1. The van der Waals surface area contributed by atoms with E-state index in [0.717, 1.165) is 16.0 Å². The van der Waals surface area contributed by atoms with E-state index in [1.165, 1.54) is 0 Å². The van der Waals surface area contributed by atoms with Crippen LogP contribution in [0.3, 0.4) is 0 Å². The summed E-state index contributed by atoms with van der Waals surface area (Å²) in [5.74, 6) is -0.207. The highest BCUT2D eigenvalue weighted by Gasteiger charge is 2.10. The van der Waals surface area contributed by atoms with Crippen LogP contribution in [0.1, 0.15) is 22.3 Å². The number of benzene rings is 2. The van der Waals surface area contributed by atoms with E-state index in [-0.39, 0.29) is 5.91 Å². The van der Waals surface area contributed by atoms with Gasteiger partial charge in [-0.3, -0.25) is 4.79 Å². The van der Waals surface area contributed by atoms with E-state index in [1.807, 2.05) is 41.8 Å². The van der Waals surface area contributed by atoms with Crippen molar-refractivity contribution >= 4 is 28.6 Å². The van der Waals surface area contributed by atoms with E-state index in [1.54, 1.807) is 29.5 Å². The van der Waals surface area contributed by atoms with Crippen molar-refractivity contribution in [1.29, 1.82) is 5.26 Å². The second-order valence-corrected chi connectivity index (χ2v) is 6.54. The predicted octanol–water partition coefficient (Wildman–Crippen LogP) is 4.71. The number of carbonyl (C=O) groups excluding carboxylic acids is 1. The topological polar surface area (TPSA) is 78.9 Å². The number of nitriles is 1. The molecule has 1 heterocycles. The summed E-state index contributed by atoms with van der Waals surface area (Å²) in [6.45, 7) is 0. The van der Waals surface area contributed by atoms with Gasteiger partial charge < -0.3 is 11.1 Å². The van der Waals surface area contributed by atoms with Gasteiger partial charge in [-0.15, -0.1) is 11.3 Å². The average Bonchev–Trinajstić information content (AvgIpc) is 3.17. The molecule has 0 saturated carbocycles. The summed E-state index contributed by atoms with van der Waals surface area (Å²) in [6, 6.07) is 19.0. The Morgan fingerprint density at radius 3 is 2.64 bits per heavy atom. The summed E-state index contributed by atoms with van der Waals surface area (Å²) >= 11 is 1.64. The van der Waals surface area contributed by atoms with Gasteiger partial charge in [-0.1, -0.05) is 24.3 Å². The average molecular weight is 347 g/mol. The van der Waals surface area contributed by atoms with E-state index >= 15 is 0 Å². The van der Waals surface area contributed by atoms with Crippen molar-refractivity contribution in [2.75, 3.05) is 11.1 Å². The number of nitrogens with two attached hydrogens (primary N) is 1. The number of hydrogen-bond acceptors (Lipinski definition) is 4. The van der Waals surface area contributed by atoms with Gasteiger partial charge in [-0.25, -0.2) is 0 Å². The SMILES string of the molecule is N#CCCc1ccc(C(=O)Nc2cc(-c3cccs3)ccc2N)cc1. The highest BCUT2D eigenvalue weighted by molar-refractivity contribution is 7.13. The molecule has 0 radical (unpaired) electrons. The van der Waals surface area contributed by atoms with Crippen molar-refractivity contribution in [3.63, 3.8) is 0 Å². The minimum absolute atomic E-state index is 0.207. The van der Waals surface area contributed by atoms with Crippen LogP contribution in [0, 0.1) is 11.3 Å². The minimum Gasteiger partial charge on any atom is -0.397 e. The monoisotopic (exact) mass is 347 g/mol. The number of hydrogen-bond donors (Lipinski definition) is 2. The van der Waals surface area contributed by atoms with E-state index < -0.39 is 0 Å². The summed E-state index contributed by atoms with van der Waals surface area (Å²) in [5, 5.41) is 13.5. The molecule has 3 aromatic rings. The third kappa shape index (κ3) is 4.06. The molecular weight excluding hydrogens is 330 g/mol. The summed E-state index contributed by atoms with van der Waals surface area (Å²) in [5.41, 5.74) is 9.75. The quantitative estimate of drug-likeness (QED) is 0.656. The van der Waals surface area contributed by atoms with Crippen molar-refractivity contribution in [1.82, 2.24) is 0 Å². The number of nitrogen functional groups attached to an aromatic ring is 1. The molecule has 1 aromatic heterocycles. The van der Waals surface area contributed by atoms with Crippen molar-refractivity contribution in [2.45, 2.75) is 12.8 Å². The maximum Gasteiger partial charge on any atom is 0.255 e. The molecule has 0 fully saturated rings. The van der Waals surface area contributed by atoms with E-state index in [4.69, 9.17) is 11.0 Å². The number of nitrogens with one attached hydrogen (secondary N) is 1. The molecule has 0 aliphatic heterocycles. The maximum atomic E-state index is 12.5. The summed E-state index contributed by atoms with van der Waals surface area (Å²) in [7, 11) is 0. The van der Waals surface area contributed by atoms with Gasteiger partial charge in [0.05, 0.1) is 17.4 Å². The van der Waals surface area contributed by atoms with Gasteiger partial charge in [0.15, 0.2) is 0 Å². The van der Waals surface area contributed by atoms with Gasteiger partial charge in [-0.05, 0) is 53.3 Å². The largest absolute Gasteiger partial charge is 0.397 e. The molecule has 25 heavy (non-hydrogen) atoms. The third-order valence-electron chi connectivity index (χ3n) is 3.85. The van der Waals surface area contributed by atoms with Crippen LogP contribution in [0.4, 0.5) is 11.4 Å². The van der Waals surface area contributed by atoms with Crippen LogP contribution >= 0.6 is 11.3 Å². The Bertz CT molecular complexity index is 909. The molecule has 0 aliphatic carbocycles. The Morgan fingerprint density at radius 2 is 1.96 bits per heavy atom. The highest BCUT2D eigenvalue weighted by atomic mass is 32.1. The van der Waals surface area contributed by atoms with Gasteiger partial charge in [0, 0.05) is 16.9 Å². The normalized spacial score (nSPS) is 10.2. The van der Waals surface area contributed by atoms with E-state index in [2.05, 4.69) is 11.4 Å². The summed E-state index contributed by atoms with van der Waals surface area (Å²) in [6.07, 6.45) is 1.16. The van der Waals surface area contributed by atoms with Crippen LogP contribution in [-0.4, -0.2) is 5.91 Å². The lowest BCUT2D eigenvalue weighted by Crippen LogP contribution is -2.13. The predicted molar refractivity (Wildman–Crippen MR) is 102 cm³/mol. The molecule has 3 rings (SSSR count). The van der Waals surface area contributed by atoms with Crippen molar-refractivity contribution in [2.24, 2.45) is 0 Å². The first kappa shape index (κ1) is 16.7. The first-order valence-electron chi connectivity index (χ1n) is 7.88. The fourth-order valence-corrected chi connectivity index (χ4v) is 3.20. The van der Waals surface area contributed by atoms with Crippen LogP contribution in [0.15, 0.2) is 60.0 Å². The lowest BCUT2D eigenvalue weighted by molar-refractivity contribution is 0.102. The number of thiophene rings is 1. The molecule has 1 amide bonds. The molecule has 0 unspecified atom stereocenters. The molecule has 0 atom stereocenters. The number of nitrogens with zero attached hydrogens (tertiary/aromatic N) is 1. The maximum absolute atomic E-state index is 12.5. The molecule has 0 aliphatic rings. The fourth-order valence-electron chi connectivity index (χ4n) is 2.48. The number of anilines is 2. The fraction of sp³-hybridized carbons (Fsp3) is 0.100. The standard InChI is InChI=1S/C20H17N3OS/c21-11-1-3-14-5-7-15(8-6-14)20(24)23-18-13-16(9-10-17(18)22)19-4-2-12-25-19/h2,4-10,12-13H,1,3,22H2,(H,23,24). The number of rotatable bonds is 5. The number of carbonyl (C=O) groups is 1. The zero-order valence-electron chi connectivity index (χ0n) is 13.5. The Labute approximate surface area is 150 Å². The minimum atomic E-state index is -0.207. The second kappa shape index (κ2) is 7.65. The van der Waals surface area contributed by atoms with Gasteiger partial charge >= 0.3 is 0 Å². The molecule has 124 valence electrons. The molecule has 0 spiro atoms. The van der Waals surface area contributed by atoms with Gasteiger partial charge in [-0.2, -0.15) is 5.26 Å². The second-order valence-electron chi connectivity index (χ2n) is 5.59. The van der Waals surface area contributed by atoms with Gasteiger partial charge in [0.25, 0.3) is 5.91 Å². The zero-order valence-corrected chi connectivity index (χ0v) is 14.3. The number of aryl methyl sites for hydroxylation is 1. The van der Waals surface area contributed by atoms with Crippen LogP contribution < -0.4 is 11.1 Å². The molecule has 0 saturated heterocycles. The zero-order chi connectivity index (χ0) is 17.6. The first-order chi connectivity index (χ1) is 12.2. The van der Waals surface area contributed by atoms with Crippen molar-refractivity contribution in [3.8, 4) is 16.5 Å². The Morgan fingerprint density at radius 1 is 1.16 bits per heavy atom. The van der Waals surface area contributed by atoms with Gasteiger partial charge in [0.2, 0.25) is 0 Å². The third-order valence-corrected chi connectivity index (χ3v) is 4.77. The Hall–Kier alpha value is -3.10. The lowest BCUT2D eigenvalue weighted by Gasteiger charge is -2.10. The Balaban J connectivity index is 1.76. The van der Waals surface area contributed by atoms with Crippen LogP contribution in [0.2, 0.25) is 0 Å². The molecule has 0 bridgehead atoms.